The Hall–Kier alpha value is -2.58. The Morgan fingerprint density at radius 1 is 1.04 bits per heavy atom. The number of aryl methyl sites for hydroxylation is 1. The molecule has 142 valence electrons. The summed E-state index contributed by atoms with van der Waals surface area (Å²) in [5.74, 6) is 1.30. The third-order valence-corrected chi connectivity index (χ3v) is 5.50. The smallest absolute Gasteiger partial charge is 0.229 e. The number of ether oxygens (including phenoxy) is 2. The zero-order valence-electron chi connectivity index (χ0n) is 15.4. The summed E-state index contributed by atoms with van der Waals surface area (Å²) in [5, 5.41) is 0.830. The van der Waals surface area contributed by atoms with Crippen molar-refractivity contribution in [2.45, 2.75) is 6.92 Å². The SMILES string of the molecule is COc1cccc(-c2nc(-c3ccc(NS(C)(=O)=O)cc3)c(C)s2)c1OC. The maximum absolute atomic E-state index is 11.3. The van der Waals surface area contributed by atoms with E-state index in [-0.39, 0.29) is 0 Å². The van der Waals surface area contributed by atoms with E-state index in [0.29, 0.717) is 17.2 Å². The number of nitrogens with one attached hydrogen (secondary N) is 1. The van der Waals surface area contributed by atoms with Crippen molar-refractivity contribution in [3.8, 4) is 33.3 Å². The molecule has 8 heteroatoms. The van der Waals surface area contributed by atoms with E-state index >= 15 is 0 Å². The molecule has 1 heterocycles. The second kappa shape index (κ2) is 7.58. The van der Waals surface area contributed by atoms with Gasteiger partial charge in [0, 0.05) is 16.1 Å². The van der Waals surface area contributed by atoms with Gasteiger partial charge >= 0.3 is 0 Å². The van der Waals surface area contributed by atoms with Crippen LogP contribution in [-0.2, 0) is 10.0 Å². The summed E-state index contributed by atoms with van der Waals surface area (Å²) in [7, 11) is -0.0876. The number of hydrogen-bond acceptors (Lipinski definition) is 6. The van der Waals surface area contributed by atoms with Crippen molar-refractivity contribution in [2.24, 2.45) is 0 Å². The van der Waals surface area contributed by atoms with Crippen molar-refractivity contribution in [2.75, 3.05) is 25.2 Å². The molecule has 3 aromatic rings. The van der Waals surface area contributed by atoms with E-state index in [9.17, 15) is 8.42 Å². The van der Waals surface area contributed by atoms with Crippen molar-refractivity contribution < 1.29 is 17.9 Å². The standard InChI is InChI=1S/C19H20N2O4S2/c1-12-17(13-8-10-14(11-9-13)21-27(4,22)23)20-19(26-12)15-6-5-7-16(24-2)18(15)25-3/h5-11,21H,1-4H3. The lowest BCUT2D eigenvalue weighted by Gasteiger charge is -2.10. The normalized spacial score (nSPS) is 11.3. The molecular weight excluding hydrogens is 384 g/mol. The number of nitrogens with zero attached hydrogens (tertiary/aromatic N) is 1. The molecule has 27 heavy (non-hydrogen) atoms. The summed E-state index contributed by atoms with van der Waals surface area (Å²) in [4.78, 5) is 5.84. The number of thiazole rings is 1. The minimum atomic E-state index is -3.30. The molecule has 0 aliphatic heterocycles. The predicted octanol–water partition coefficient (Wildman–Crippen LogP) is 4.17. The third-order valence-electron chi connectivity index (χ3n) is 3.89. The minimum Gasteiger partial charge on any atom is -0.493 e. The maximum Gasteiger partial charge on any atom is 0.229 e. The van der Waals surface area contributed by atoms with Gasteiger partial charge < -0.3 is 9.47 Å². The third kappa shape index (κ3) is 4.23. The Labute approximate surface area is 162 Å². The molecular formula is C19H20N2O4S2. The molecule has 0 atom stereocenters. The van der Waals surface area contributed by atoms with Gasteiger partial charge in [-0.2, -0.15) is 0 Å². The molecule has 0 spiro atoms. The first kappa shape index (κ1) is 19.2. The Balaban J connectivity index is 1.98. The van der Waals surface area contributed by atoms with Crippen LogP contribution in [0, 0.1) is 6.92 Å². The van der Waals surface area contributed by atoms with Gasteiger partial charge in [-0.05, 0) is 31.2 Å². The number of rotatable bonds is 6. The fourth-order valence-electron chi connectivity index (χ4n) is 2.75. The van der Waals surface area contributed by atoms with Crippen molar-refractivity contribution in [1.82, 2.24) is 4.98 Å². The minimum absolute atomic E-state index is 0.517. The molecule has 0 fully saturated rings. The summed E-state index contributed by atoms with van der Waals surface area (Å²) in [6.45, 7) is 2.01. The van der Waals surface area contributed by atoms with Gasteiger partial charge in [-0.3, -0.25) is 4.72 Å². The lowest BCUT2D eigenvalue weighted by Crippen LogP contribution is -2.09. The number of para-hydroxylation sites is 1. The molecule has 0 saturated carbocycles. The summed E-state index contributed by atoms with van der Waals surface area (Å²) >= 11 is 1.57. The number of sulfonamides is 1. The van der Waals surface area contributed by atoms with Crippen molar-refractivity contribution in [1.29, 1.82) is 0 Å². The van der Waals surface area contributed by atoms with E-state index in [4.69, 9.17) is 14.5 Å². The van der Waals surface area contributed by atoms with Crippen LogP contribution in [0.25, 0.3) is 21.8 Å². The van der Waals surface area contributed by atoms with E-state index in [1.54, 1.807) is 37.7 Å². The van der Waals surface area contributed by atoms with Crippen LogP contribution in [0.15, 0.2) is 42.5 Å². The molecule has 0 bridgehead atoms. The Morgan fingerprint density at radius 3 is 2.33 bits per heavy atom. The van der Waals surface area contributed by atoms with E-state index in [1.807, 2.05) is 37.3 Å². The van der Waals surface area contributed by atoms with Crippen molar-refractivity contribution >= 4 is 27.0 Å². The number of hydrogen-bond donors (Lipinski definition) is 1. The van der Waals surface area contributed by atoms with Crippen molar-refractivity contribution in [3.63, 3.8) is 0 Å². The number of aromatic nitrogens is 1. The topological polar surface area (TPSA) is 77.5 Å². The monoisotopic (exact) mass is 404 g/mol. The molecule has 0 saturated heterocycles. The van der Waals surface area contributed by atoms with E-state index in [1.165, 1.54) is 0 Å². The van der Waals surface area contributed by atoms with Crippen LogP contribution in [0.2, 0.25) is 0 Å². The zero-order chi connectivity index (χ0) is 19.6. The largest absolute Gasteiger partial charge is 0.493 e. The molecule has 2 aromatic carbocycles. The molecule has 0 unspecified atom stereocenters. The Kier molecular flexibility index (Phi) is 5.38. The van der Waals surface area contributed by atoms with Crippen LogP contribution in [0.4, 0.5) is 5.69 Å². The summed E-state index contributed by atoms with van der Waals surface area (Å²) in [6.07, 6.45) is 1.12. The molecule has 1 N–H and O–H groups in total. The molecule has 1 aromatic heterocycles. The van der Waals surface area contributed by atoms with Crippen LogP contribution >= 0.6 is 11.3 Å². The van der Waals surface area contributed by atoms with Gasteiger partial charge in [-0.25, -0.2) is 13.4 Å². The molecule has 0 amide bonds. The summed E-state index contributed by atoms with van der Waals surface area (Å²) < 4.78 is 36.0. The Bertz CT molecular complexity index is 1060. The van der Waals surface area contributed by atoms with Crippen molar-refractivity contribution in [3.05, 3.63) is 47.3 Å². The summed E-state index contributed by atoms with van der Waals surface area (Å²) in [5.41, 5.74) is 3.15. The molecule has 6 nitrogen and oxygen atoms in total. The van der Waals surface area contributed by atoms with E-state index < -0.39 is 10.0 Å². The van der Waals surface area contributed by atoms with Gasteiger partial charge in [0.25, 0.3) is 0 Å². The predicted molar refractivity (Wildman–Crippen MR) is 109 cm³/mol. The maximum atomic E-state index is 11.3. The second-order valence-electron chi connectivity index (χ2n) is 5.92. The average molecular weight is 405 g/mol. The molecule has 0 aliphatic rings. The lowest BCUT2D eigenvalue weighted by molar-refractivity contribution is 0.356. The first-order chi connectivity index (χ1) is 12.8. The molecule has 0 radical (unpaired) electrons. The highest BCUT2D eigenvalue weighted by atomic mass is 32.2. The van der Waals surface area contributed by atoms with E-state index in [2.05, 4.69) is 4.72 Å². The first-order valence-electron chi connectivity index (χ1n) is 8.09. The lowest BCUT2D eigenvalue weighted by atomic mass is 10.1. The number of benzene rings is 2. The molecule has 3 rings (SSSR count). The highest BCUT2D eigenvalue weighted by Crippen LogP contribution is 2.41. The van der Waals surface area contributed by atoms with E-state index in [0.717, 1.165) is 33.0 Å². The van der Waals surface area contributed by atoms with Gasteiger partial charge in [0.2, 0.25) is 10.0 Å². The van der Waals surface area contributed by atoms with Gasteiger partial charge in [0.05, 0.1) is 31.7 Å². The molecule has 0 aliphatic carbocycles. The fourth-order valence-corrected chi connectivity index (χ4v) is 4.27. The second-order valence-corrected chi connectivity index (χ2v) is 8.87. The van der Waals surface area contributed by atoms with Crippen LogP contribution in [0.1, 0.15) is 4.88 Å². The fraction of sp³-hybridized carbons (Fsp3) is 0.211. The Morgan fingerprint density at radius 2 is 1.74 bits per heavy atom. The average Bonchev–Trinajstić information content (AvgIpc) is 3.01. The highest BCUT2D eigenvalue weighted by molar-refractivity contribution is 7.92. The highest BCUT2D eigenvalue weighted by Gasteiger charge is 2.17. The van der Waals surface area contributed by atoms with Gasteiger partial charge in [-0.15, -0.1) is 11.3 Å². The quantitative estimate of drug-likeness (QED) is 0.667. The van der Waals surface area contributed by atoms with Crippen LogP contribution in [-0.4, -0.2) is 33.9 Å². The van der Waals surface area contributed by atoms with Crippen LogP contribution in [0.5, 0.6) is 11.5 Å². The summed E-state index contributed by atoms with van der Waals surface area (Å²) in [6, 6.07) is 12.8. The first-order valence-corrected chi connectivity index (χ1v) is 10.8. The number of anilines is 1. The number of methoxy groups -OCH3 is 2. The van der Waals surface area contributed by atoms with Crippen LogP contribution in [0.3, 0.4) is 0 Å². The zero-order valence-corrected chi connectivity index (χ0v) is 17.1. The van der Waals surface area contributed by atoms with Crippen LogP contribution < -0.4 is 14.2 Å². The van der Waals surface area contributed by atoms with Gasteiger partial charge in [0.15, 0.2) is 11.5 Å². The van der Waals surface area contributed by atoms with Gasteiger partial charge in [0.1, 0.15) is 5.01 Å². The van der Waals surface area contributed by atoms with Gasteiger partial charge in [-0.1, -0.05) is 18.2 Å².